The highest BCUT2D eigenvalue weighted by atomic mass is 127. The first-order valence-electron chi connectivity index (χ1n) is 5.99. The monoisotopic (exact) mass is 397 g/mol. The van der Waals surface area contributed by atoms with Gasteiger partial charge in [0.2, 0.25) is 0 Å². The number of fused-ring (bicyclic) bond motifs is 1. The Kier molecular flexibility index (Phi) is 3.58. The molecule has 0 fully saturated rings. The number of carbonyl (C=O) groups is 1. The fourth-order valence-corrected chi connectivity index (χ4v) is 2.49. The average Bonchev–Trinajstić information content (AvgIpc) is 2.87. The van der Waals surface area contributed by atoms with E-state index >= 15 is 0 Å². The van der Waals surface area contributed by atoms with Crippen molar-refractivity contribution in [1.29, 1.82) is 0 Å². The van der Waals surface area contributed by atoms with E-state index in [1.165, 1.54) is 17.9 Å². The van der Waals surface area contributed by atoms with Crippen LogP contribution in [0.3, 0.4) is 0 Å². The first-order chi connectivity index (χ1) is 10.1. The Morgan fingerprint density at radius 2 is 2.19 bits per heavy atom. The Morgan fingerprint density at radius 1 is 1.38 bits per heavy atom. The van der Waals surface area contributed by atoms with Gasteiger partial charge in [-0.2, -0.15) is 5.10 Å². The first kappa shape index (κ1) is 13.9. The lowest BCUT2D eigenvalue weighted by Crippen LogP contribution is -2.05. The molecule has 0 unspecified atom stereocenters. The number of benzene rings is 1. The summed E-state index contributed by atoms with van der Waals surface area (Å²) in [7, 11) is 1.23. The maximum absolute atomic E-state index is 14.1. The van der Waals surface area contributed by atoms with E-state index in [9.17, 15) is 9.18 Å². The maximum Gasteiger partial charge on any atom is 0.359 e. The van der Waals surface area contributed by atoms with Crippen molar-refractivity contribution in [3.05, 3.63) is 51.6 Å². The fourth-order valence-electron chi connectivity index (χ4n) is 2.05. The first-order valence-corrected chi connectivity index (χ1v) is 7.07. The summed E-state index contributed by atoms with van der Waals surface area (Å²) in [6, 6.07) is 8.14. The predicted octanol–water partition coefficient (Wildman–Crippen LogP) is 2.95. The van der Waals surface area contributed by atoms with Gasteiger partial charge in [-0.25, -0.2) is 18.9 Å². The largest absolute Gasteiger partial charge is 0.464 e. The van der Waals surface area contributed by atoms with E-state index in [-0.39, 0.29) is 11.1 Å². The van der Waals surface area contributed by atoms with E-state index in [1.807, 2.05) is 6.07 Å². The molecule has 7 heteroatoms. The number of halogens is 2. The highest BCUT2D eigenvalue weighted by molar-refractivity contribution is 14.1. The minimum Gasteiger partial charge on any atom is -0.464 e. The van der Waals surface area contributed by atoms with Crippen molar-refractivity contribution in [2.24, 2.45) is 0 Å². The molecule has 3 aromatic rings. The van der Waals surface area contributed by atoms with Gasteiger partial charge in [0.15, 0.2) is 11.5 Å². The van der Waals surface area contributed by atoms with Crippen LogP contribution in [0.5, 0.6) is 0 Å². The normalized spacial score (nSPS) is 10.8. The standard InChI is InChI=1S/C14H9FIN3O2/c1-21-14(20)13-12-9(15)3-2-4-10(12)19(18-13)11-7-8(16)5-6-17-11/h2-7H,1H3. The Balaban J connectivity index is 2.34. The van der Waals surface area contributed by atoms with Gasteiger partial charge in [0, 0.05) is 9.77 Å². The van der Waals surface area contributed by atoms with Crippen LogP contribution in [-0.2, 0) is 4.74 Å². The molecule has 0 spiro atoms. The molecule has 106 valence electrons. The Labute approximate surface area is 132 Å². The molecule has 0 radical (unpaired) electrons. The van der Waals surface area contributed by atoms with Crippen LogP contribution < -0.4 is 0 Å². The molecule has 21 heavy (non-hydrogen) atoms. The highest BCUT2D eigenvalue weighted by Crippen LogP contribution is 2.25. The summed E-state index contributed by atoms with van der Waals surface area (Å²) < 4.78 is 21.1. The van der Waals surface area contributed by atoms with Crippen molar-refractivity contribution in [3.8, 4) is 5.82 Å². The van der Waals surface area contributed by atoms with Gasteiger partial charge < -0.3 is 4.74 Å². The SMILES string of the molecule is COC(=O)c1nn(-c2cc(I)ccn2)c2cccc(F)c12. The molecule has 2 aromatic heterocycles. The second-order valence-corrected chi connectivity index (χ2v) is 5.46. The third kappa shape index (κ3) is 2.37. The number of rotatable bonds is 2. The summed E-state index contributed by atoms with van der Waals surface area (Å²) in [6.45, 7) is 0. The molecule has 0 amide bonds. The zero-order valence-corrected chi connectivity index (χ0v) is 13.0. The zero-order chi connectivity index (χ0) is 15.0. The molecule has 0 aliphatic carbocycles. The summed E-state index contributed by atoms with van der Waals surface area (Å²) in [5, 5.41) is 4.30. The number of methoxy groups -OCH3 is 1. The smallest absolute Gasteiger partial charge is 0.359 e. The van der Waals surface area contributed by atoms with E-state index < -0.39 is 11.8 Å². The third-order valence-corrected chi connectivity index (χ3v) is 3.63. The van der Waals surface area contributed by atoms with E-state index in [0.29, 0.717) is 11.3 Å². The topological polar surface area (TPSA) is 57.0 Å². The van der Waals surface area contributed by atoms with Gasteiger partial charge in [0.25, 0.3) is 0 Å². The molecule has 5 nitrogen and oxygen atoms in total. The van der Waals surface area contributed by atoms with E-state index in [4.69, 9.17) is 0 Å². The van der Waals surface area contributed by atoms with E-state index in [2.05, 4.69) is 37.4 Å². The Hall–Kier alpha value is -2.03. The van der Waals surface area contributed by atoms with E-state index in [0.717, 1.165) is 3.57 Å². The number of hydrogen-bond donors (Lipinski definition) is 0. The molecule has 0 bridgehead atoms. The van der Waals surface area contributed by atoms with Crippen LogP contribution in [0.1, 0.15) is 10.5 Å². The van der Waals surface area contributed by atoms with Crippen LogP contribution in [0.4, 0.5) is 4.39 Å². The molecule has 0 aliphatic rings. The van der Waals surface area contributed by atoms with Crippen molar-refractivity contribution in [2.75, 3.05) is 7.11 Å². The van der Waals surface area contributed by atoms with Gasteiger partial charge in [0.05, 0.1) is 18.0 Å². The number of aromatic nitrogens is 3. The van der Waals surface area contributed by atoms with Crippen molar-refractivity contribution in [2.45, 2.75) is 0 Å². The summed E-state index contributed by atoms with van der Waals surface area (Å²) in [5.74, 6) is -0.702. The second-order valence-electron chi connectivity index (χ2n) is 4.22. The van der Waals surface area contributed by atoms with Crippen LogP contribution in [0, 0.1) is 9.39 Å². The molecule has 0 atom stereocenters. The molecule has 0 saturated heterocycles. The molecular formula is C14H9FIN3O2. The maximum atomic E-state index is 14.1. The minimum absolute atomic E-state index is 0.0636. The Bertz CT molecular complexity index is 847. The summed E-state index contributed by atoms with van der Waals surface area (Å²) in [5.41, 5.74) is 0.399. The van der Waals surface area contributed by atoms with Gasteiger partial charge in [-0.05, 0) is 46.9 Å². The molecule has 3 rings (SSSR count). The van der Waals surface area contributed by atoms with Crippen LogP contribution in [0.25, 0.3) is 16.7 Å². The molecule has 2 heterocycles. The molecule has 1 aromatic carbocycles. The third-order valence-electron chi connectivity index (χ3n) is 2.96. The van der Waals surface area contributed by atoms with Crippen LogP contribution in [0.15, 0.2) is 36.5 Å². The van der Waals surface area contributed by atoms with Crippen molar-refractivity contribution < 1.29 is 13.9 Å². The highest BCUT2D eigenvalue weighted by Gasteiger charge is 2.21. The molecule has 0 aliphatic heterocycles. The van der Waals surface area contributed by atoms with Gasteiger partial charge >= 0.3 is 5.97 Å². The lowest BCUT2D eigenvalue weighted by atomic mass is 10.2. The summed E-state index contributed by atoms with van der Waals surface area (Å²) in [4.78, 5) is 16.0. The molecular weight excluding hydrogens is 388 g/mol. The number of pyridine rings is 1. The van der Waals surface area contributed by atoms with Crippen LogP contribution >= 0.6 is 22.6 Å². The van der Waals surface area contributed by atoms with Crippen LogP contribution in [-0.4, -0.2) is 27.8 Å². The average molecular weight is 397 g/mol. The summed E-state index contributed by atoms with van der Waals surface area (Å²) >= 11 is 2.14. The van der Waals surface area contributed by atoms with Gasteiger partial charge in [0.1, 0.15) is 5.82 Å². The van der Waals surface area contributed by atoms with Crippen molar-refractivity contribution >= 4 is 39.5 Å². The molecule has 0 N–H and O–H groups in total. The predicted molar refractivity (Wildman–Crippen MR) is 82.9 cm³/mol. The lowest BCUT2D eigenvalue weighted by molar-refractivity contribution is 0.0595. The van der Waals surface area contributed by atoms with Gasteiger partial charge in [-0.3, -0.25) is 0 Å². The van der Waals surface area contributed by atoms with Crippen LogP contribution in [0.2, 0.25) is 0 Å². The zero-order valence-electron chi connectivity index (χ0n) is 10.9. The number of ether oxygens (including phenoxy) is 1. The quantitative estimate of drug-likeness (QED) is 0.493. The Morgan fingerprint density at radius 3 is 2.90 bits per heavy atom. The number of carbonyl (C=O) groups excluding carboxylic acids is 1. The van der Waals surface area contributed by atoms with E-state index in [1.54, 1.807) is 24.4 Å². The fraction of sp³-hybridized carbons (Fsp3) is 0.0714. The van der Waals surface area contributed by atoms with Gasteiger partial charge in [-0.15, -0.1) is 0 Å². The molecule has 0 saturated carbocycles. The number of nitrogens with zero attached hydrogens (tertiary/aromatic N) is 3. The van der Waals surface area contributed by atoms with Crippen molar-refractivity contribution in [1.82, 2.24) is 14.8 Å². The number of esters is 1. The van der Waals surface area contributed by atoms with Crippen molar-refractivity contribution in [3.63, 3.8) is 0 Å². The number of hydrogen-bond acceptors (Lipinski definition) is 4. The summed E-state index contributed by atoms with van der Waals surface area (Å²) in [6.07, 6.45) is 1.63. The second kappa shape index (κ2) is 5.40. The lowest BCUT2D eigenvalue weighted by Gasteiger charge is -2.02. The van der Waals surface area contributed by atoms with Gasteiger partial charge in [-0.1, -0.05) is 6.07 Å². The minimum atomic E-state index is -0.686.